The quantitative estimate of drug-likeness (QED) is 0.505. The second kappa shape index (κ2) is 5.99. The largest absolute Gasteiger partial charge is 0.448 e. The zero-order chi connectivity index (χ0) is 10.3. The van der Waals surface area contributed by atoms with Crippen LogP contribution in [0, 0.1) is 0 Å². The summed E-state index contributed by atoms with van der Waals surface area (Å²) in [6.07, 6.45) is -1.23. The van der Waals surface area contributed by atoms with Crippen molar-refractivity contribution in [3.63, 3.8) is 0 Å². The van der Waals surface area contributed by atoms with Crippen molar-refractivity contribution in [2.24, 2.45) is 0 Å². The molecule has 0 heterocycles. The van der Waals surface area contributed by atoms with Crippen molar-refractivity contribution < 1.29 is 24.0 Å². The number of carbonyl (C=O) groups is 3. The van der Waals surface area contributed by atoms with Crippen LogP contribution in [-0.2, 0) is 19.2 Å². The Kier molecular flexibility index (Phi) is 5.25. The minimum absolute atomic E-state index is 0.177. The van der Waals surface area contributed by atoms with Gasteiger partial charge in [0, 0.05) is 0 Å². The van der Waals surface area contributed by atoms with E-state index in [1.165, 1.54) is 6.92 Å². The molecule has 0 saturated heterocycles. The summed E-state index contributed by atoms with van der Waals surface area (Å²) in [4.78, 5) is 35.7. The number of hydrogen-bond donors (Lipinski definition) is 1. The minimum atomic E-state index is -0.862. The number of hydrogen-bond acceptors (Lipinski definition) is 5. The predicted octanol–water partition coefficient (Wildman–Crippen LogP) is 0.170. The third-order valence-corrected chi connectivity index (χ3v) is 0.917. The molecule has 0 fully saturated rings. The Labute approximate surface area is 75.1 Å². The number of carbonyl (C=O) groups excluding carboxylic acids is 3. The lowest BCUT2D eigenvalue weighted by Crippen LogP contribution is -2.28. The smallest absolute Gasteiger partial charge is 0.440 e. The van der Waals surface area contributed by atoms with Crippen LogP contribution in [0.15, 0.2) is 0 Å². The maximum Gasteiger partial charge on any atom is 0.440 e. The molecule has 1 N–H and O–H groups in total. The van der Waals surface area contributed by atoms with Gasteiger partial charge in [-0.2, -0.15) is 0 Å². The number of nitrogens with one attached hydrogen (secondary N) is 1. The molecule has 13 heavy (non-hydrogen) atoms. The second-order valence-electron chi connectivity index (χ2n) is 2.18. The molecular formula is C7H11NO5. The lowest BCUT2D eigenvalue weighted by Gasteiger charge is -2.03. The number of ketones is 1. The van der Waals surface area contributed by atoms with Crippen LogP contribution in [0.1, 0.15) is 20.3 Å². The van der Waals surface area contributed by atoms with Gasteiger partial charge in [0.2, 0.25) is 0 Å². The molecule has 0 radical (unpaired) electrons. The van der Waals surface area contributed by atoms with E-state index in [0.717, 1.165) is 0 Å². The topological polar surface area (TPSA) is 81.7 Å². The van der Waals surface area contributed by atoms with Gasteiger partial charge >= 0.3 is 12.1 Å². The van der Waals surface area contributed by atoms with Gasteiger partial charge in [0.1, 0.15) is 12.2 Å². The first-order chi connectivity index (χ1) is 6.06. The van der Waals surface area contributed by atoms with E-state index in [1.807, 2.05) is 0 Å². The van der Waals surface area contributed by atoms with Gasteiger partial charge in [-0.15, -0.1) is 5.48 Å². The van der Waals surface area contributed by atoms with Crippen LogP contribution < -0.4 is 5.48 Å². The van der Waals surface area contributed by atoms with Gasteiger partial charge in [0.25, 0.3) is 0 Å². The first-order valence-corrected chi connectivity index (χ1v) is 3.68. The summed E-state index contributed by atoms with van der Waals surface area (Å²) in [7, 11) is 0. The van der Waals surface area contributed by atoms with Gasteiger partial charge in [0.15, 0.2) is 0 Å². The molecule has 0 bridgehead atoms. The van der Waals surface area contributed by atoms with Gasteiger partial charge < -0.3 is 9.57 Å². The van der Waals surface area contributed by atoms with Crippen molar-refractivity contribution in [1.29, 1.82) is 0 Å². The standard InChI is InChI=1S/C7H11NO5/c1-3-12-7(11)8-13-6(10)4-5(2)9/h3-4H2,1-2H3,(H,8,11). The summed E-state index contributed by atoms with van der Waals surface area (Å²) in [5.41, 5.74) is 1.73. The van der Waals surface area contributed by atoms with Crippen molar-refractivity contribution in [3.05, 3.63) is 0 Å². The number of amides is 1. The number of ether oxygens (including phenoxy) is 1. The Bertz CT molecular complexity index is 213. The number of Topliss-reactive ketones (excluding diaryl/α,β-unsaturated/α-hetero) is 1. The van der Waals surface area contributed by atoms with Crippen LogP contribution in [0.3, 0.4) is 0 Å². The van der Waals surface area contributed by atoms with E-state index in [0.29, 0.717) is 0 Å². The summed E-state index contributed by atoms with van der Waals surface area (Å²) >= 11 is 0. The van der Waals surface area contributed by atoms with E-state index in [4.69, 9.17) is 0 Å². The fraction of sp³-hybridized carbons (Fsp3) is 0.571. The average Bonchev–Trinajstić information content (AvgIpc) is 2.00. The molecule has 0 aliphatic heterocycles. The molecule has 0 rings (SSSR count). The highest BCUT2D eigenvalue weighted by molar-refractivity contribution is 5.94. The van der Waals surface area contributed by atoms with Crippen LogP contribution >= 0.6 is 0 Å². The Morgan fingerprint density at radius 2 is 1.92 bits per heavy atom. The van der Waals surface area contributed by atoms with Crippen LogP contribution in [0.25, 0.3) is 0 Å². The molecule has 0 unspecified atom stereocenters. The Hall–Kier alpha value is -1.59. The fourth-order valence-corrected chi connectivity index (χ4v) is 0.498. The van der Waals surface area contributed by atoms with Crippen molar-refractivity contribution in [3.8, 4) is 0 Å². The highest BCUT2D eigenvalue weighted by atomic mass is 16.7. The van der Waals surface area contributed by atoms with Crippen molar-refractivity contribution in [2.75, 3.05) is 6.61 Å². The highest BCUT2D eigenvalue weighted by Gasteiger charge is 2.08. The summed E-state index contributed by atoms with van der Waals surface area (Å²) in [5, 5.41) is 0. The first-order valence-electron chi connectivity index (χ1n) is 3.68. The molecule has 0 aliphatic carbocycles. The van der Waals surface area contributed by atoms with Crippen LogP contribution in [0.5, 0.6) is 0 Å². The maximum atomic E-state index is 10.6. The van der Waals surface area contributed by atoms with E-state index >= 15 is 0 Å². The van der Waals surface area contributed by atoms with Crippen LogP contribution in [0.2, 0.25) is 0 Å². The van der Waals surface area contributed by atoms with Crippen molar-refractivity contribution >= 4 is 17.8 Å². The molecule has 0 aromatic heterocycles. The first kappa shape index (κ1) is 11.4. The zero-order valence-electron chi connectivity index (χ0n) is 7.46. The molecule has 0 aliphatic rings. The molecule has 74 valence electrons. The minimum Gasteiger partial charge on any atom is -0.448 e. The molecule has 0 saturated carbocycles. The summed E-state index contributed by atoms with van der Waals surface area (Å²) in [6.45, 7) is 3.03. The molecule has 1 amide bonds. The van der Waals surface area contributed by atoms with Crippen molar-refractivity contribution in [1.82, 2.24) is 5.48 Å². The third kappa shape index (κ3) is 6.79. The summed E-state index contributed by atoms with van der Waals surface area (Å²) in [6, 6.07) is 0. The van der Waals surface area contributed by atoms with E-state index in [-0.39, 0.29) is 18.8 Å². The lowest BCUT2D eigenvalue weighted by atomic mass is 10.3. The third-order valence-electron chi connectivity index (χ3n) is 0.917. The van der Waals surface area contributed by atoms with Gasteiger partial charge in [-0.1, -0.05) is 0 Å². The molecular weight excluding hydrogens is 178 g/mol. The monoisotopic (exact) mass is 189 g/mol. The van der Waals surface area contributed by atoms with Gasteiger partial charge in [0.05, 0.1) is 6.61 Å². The van der Waals surface area contributed by atoms with Crippen molar-refractivity contribution in [2.45, 2.75) is 20.3 Å². The highest BCUT2D eigenvalue weighted by Crippen LogP contribution is 1.86. The molecule has 0 aromatic rings. The SMILES string of the molecule is CCOC(=O)NOC(=O)CC(C)=O. The van der Waals surface area contributed by atoms with E-state index in [9.17, 15) is 14.4 Å². The van der Waals surface area contributed by atoms with Crippen LogP contribution in [0.4, 0.5) is 4.79 Å². The fourth-order valence-electron chi connectivity index (χ4n) is 0.498. The summed E-state index contributed by atoms with van der Waals surface area (Å²) in [5.74, 6) is -1.16. The molecule has 6 nitrogen and oxygen atoms in total. The van der Waals surface area contributed by atoms with E-state index in [1.54, 1.807) is 12.4 Å². The molecule has 0 spiro atoms. The van der Waals surface area contributed by atoms with Gasteiger partial charge in [-0.05, 0) is 13.8 Å². The number of hydroxylamine groups is 1. The second-order valence-corrected chi connectivity index (χ2v) is 2.18. The molecule has 6 heteroatoms. The van der Waals surface area contributed by atoms with E-state index in [2.05, 4.69) is 9.57 Å². The lowest BCUT2D eigenvalue weighted by molar-refractivity contribution is -0.151. The Morgan fingerprint density at radius 3 is 2.38 bits per heavy atom. The maximum absolute atomic E-state index is 10.6. The average molecular weight is 189 g/mol. The Balaban J connectivity index is 3.58. The Morgan fingerprint density at radius 1 is 1.31 bits per heavy atom. The van der Waals surface area contributed by atoms with E-state index < -0.39 is 12.1 Å². The van der Waals surface area contributed by atoms with Crippen LogP contribution in [-0.4, -0.2) is 24.5 Å². The molecule has 0 atom stereocenters. The van der Waals surface area contributed by atoms with Gasteiger partial charge in [-0.25, -0.2) is 9.59 Å². The predicted molar refractivity (Wildman–Crippen MR) is 41.5 cm³/mol. The van der Waals surface area contributed by atoms with Gasteiger partial charge in [-0.3, -0.25) is 4.79 Å². The number of rotatable bonds is 3. The molecule has 0 aromatic carbocycles. The summed E-state index contributed by atoms with van der Waals surface area (Å²) < 4.78 is 4.39. The normalized spacial score (nSPS) is 8.77. The zero-order valence-corrected chi connectivity index (χ0v) is 7.46.